The zero-order chi connectivity index (χ0) is 31.1. The van der Waals surface area contributed by atoms with Crippen molar-refractivity contribution in [3.8, 4) is 5.69 Å². The number of rotatable bonds is 12. The van der Waals surface area contributed by atoms with Gasteiger partial charge >= 0.3 is 0 Å². The van der Waals surface area contributed by atoms with Gasteiger partial charge in [-0.3, -0.25) is 14.2 Å². The first kappa shape index (κ1) is 32.4. The highest BCUT2D eigenvalue weighted by atomic mass is 79.9. The number of hydrogen-bond acceptors (Lipinski definition) is 7. The summed E-state index contributed by atoms with van der Waals surface area (Å²) in [5.41, 5.74) is 3.87. The van der Waals surface area contributed by atoms with Crippen LogP contribution in [0.3, 0.4) is 0 Å². The van der Waals surface area contributed by atoms with Crippen LogP contribution in [0.15, 0.2) is 81.3 Å². The smallest absolute Gasteiger partial charge is 0.251 e. The molecular formula is C30H33BrN6O4S2. The van der Waals surface area contributed by atoms with Crippen LogP contribution in [0.2, 0.25) is 0 Å². The zero-order valence-corrected chi connectivity index (χ0v) is 27.5. The number of nitrogens with zero attached hydrogens (tertiary/aromatic N) is 4. The first-order valence-corrected chi connectivity index (χ1v) is 16.8. The van der Waals surface area contributed by atoms with Crippen LogP contribution in [-0.2, 0) is 21.4 Å². The van der Waals surface area contributed by atoms with Crippen LogP contribution in [0.1, 0.15) is 41.2 Å². The van der Waals surface area contributed by atoms with Crippen LogP contribution in [0.4, 0.5) is 5.69 Å². The molecular weight excluding hydrogens is 652 g/mol. The lowest BCUT2D eigenvalue weighted by molar-refractivity contribution is -0.113. The molecule has 0 aliphatic rings. The van der Waals surface area contributed by atoms with Crippen molar-refractivity contribution < 1.29 is 18.0 Å². The Kier molecular flexibility index (Phi) is 10.8. The van der Waals surface area contributed by atoms with Crippen LogP contribution >= 0.6 is 27.7 Å². The van der Waals surface area contributed by atoms with Gasteiger partial charge in [0.1, 0.15) is 0 Å². The van der Waals surface area contributed by atoms with Crippen molar-refractivity contribution in [3.63, 3.8) is 0 Å². The molecule has 4 rings (SSSR count). The topological polar surface area (TPSA) is 126 Å². The summed E-state index contributed by atoms with van der Waals surface area (Å²) in [5, 5.41) is 14.9. The number of carbonyl (C=O) groups is 2. The van der Waals surface area contributed by atoms with Crippen molar-refractivity contribution in [2.24, 2.45) is 0 Å². The molecule has 2 amide bonds. The van der Waals surface area contributed by atoms with Gasteiger partial charge in [-0.15, -0.1) is 10.2 Å². The summed E-state index contributed by atoms with van der Waals surface area (Å²) in [6, 6.07) is 19.3. The van der Waals surface area contributed by atoms with Crippen molar-refractivity contribution in [1.29, 1.82) is 0 Å². The minimum absolute atomic E-state index is 0.0522. The third-order valence-electron chi connectivity index (χ3n) is 6.65. The molecule has 0 aliphatic heterocycles. The van der Waals surface area contributed by atoms with Gasteiger partial charge in [0.05, 0.1) is 17.2 Å². The third-order valence-corrected chi connectivity index (χ3v) is 10.2. The van der Waals surface area contributed by atoms with Crippen LogP contribution in [0.25, 0.3) is 5.69 Å². The number of benzene rings is 3. The first-order valence-electron chi connectivity index (χ1n) is 13.6. The number of thioether (sulfide) groups is 1. The molecule has 226 valence electrons. The summed E-state index contributed by atoms with van der Waals surface area (Å²) < 4.78 is 29.6. The van der Waals surface area contributed by atoms with Gasteiger partial charge in [-0.25, -0.2) is 8.42 Å². The van der Waals surface area contributed by atoms with Crippen molar-refractivity contribution in [1.82, 2.24) is 24.4 Å². The highest BCUT2D eigenvalue weighted by molar-refractivity contribution is 9.10. The number of hydrogen-bond donors (Lipinski definition) is 2. The quantitative estimate of drug-likeness (QED) is 0.193. The molecule has 0 spiro atoms. The van der Waals surface area contributed by atoms with E-state index in [-0.39, 0.29) is 29.0 Å². The Morgan fingerprint density at radius 1 is 0.953 bits per heavy atom. The number of amides is 2. The van der Waals surface area contributed by atoms with Gasteiger partial charge in [0.2, 0.25) is 15.9 Å². The van der Waals surface area contributed by atoms with Gasteiger partial charge in [0, 0.05) is 34.5 Å². The van der Waals surface area contributed by atoms with E-state index >= 15 is 0 Å². The summed E-state index contributed by atoms with van der Waals surface area (Å²) in [4.78, 5) is 25.9. The molecule has 4 aromatic rings. The molecule has 13 heteroatoms. The number of carbonyl (C=O) groups excluding carboxylic acids is 2. The fourth-order valence-electron chi connectivity index (χ4n) is 4.30. The fourth-order valence-corrected chi connectivity index (χ4v) is 6.79. The molecule has 0 unspecified atom stereocenters. The van der Waals surface area contributed by atoms with E-state index in [0.717, 1.165) is 27.0 Å². The largest absolute Gasteiger partial charge is 0.345 e. The van der Waals surface area contributed by atoms with Crippen LogP contribution in [0, 0.1) is 13.8 Å². The van der Waals surface area contributed by atoms with Gasteiger partial charge in [-0.1, -0.05) is 53.7 Å². The molecule has 0 atom stereocenters. The normalized spacial score (nSPS) is 11.5. The number of halogens is 1. The Morgan fingerprint density at radius 2 is 1.63 bits per heavy atom. The Labute approximate surface area is 264 Å². The zero-order valence-electron chi connectivity index (χ0n) is 24.3. The summed E-state index contributed by atoms with van der Waals surface area (Å²) in [6.07, 6.45) is 0. The summed E-state index contributed by atoms with van der Waals surface area (Å²) in [6.45, 7) is 8.24. The summed E-state index contributed by atoms with van der Waals surface area (Å²) >= 11 is 4.69. The lowest BCUT2D eigenvalue weighted by atomic mass is 10.1. The van der Waals surface area contributed by atoms with Crippen molar-refractivity contribution in [3.05, 3.63) is 93.7 Å². The van der Waals surface area contributed by atoms with Gasteiger partial charge in [-0.05, 0) is 79.6 Å². The average molecular weight is 686 g/mol. The second kappa shape index (κ2) is 14.3. The molecule has 0 saturated carbocycles. The van der Waals surface area contributed by atoms with E-state index in [4.69, 9.17) is 0 Å². The monoisotopic (exact) mass is 684 g/mol. The lowest BCUT2D eigenvalue weighted by Gasteiger charge is -2.18. The SMILES string of the molecule is CCN(CC)S(=O)(=O)c1ccc(C(=O)NCc2nnc(SCC(=O)Nc3cc(C)ccc3C)n2-c2ccc(Br)cc2)cc1. The van der Waals surface area contributed by atoms with E-state index in [2.05, 4.69) is 36.8 Å². The van der Waals surface area contributed by atoms with Gasteiger partial charge in [0.15, 0.2) is 11.0 Å². The molecule has 3 aromatic carbocycles. The minimum Gasteiger partial charge on any atom is -0.345 e. The third kappa shape index (κ3) is 7.91. The van der Waals surface area contributed by atoms with Gasteiger partial charge in [0.25, 0.3) is 5.91 Å². The Bertz CT molecular complexity index is 1700. The van der Waals surface area contributed by atoms with E-state index in [1.165, 1.54) is 40.3 Å². The molecule has 1 heterocycles. The second-order valence-electron chi connectivity index (χ2n) is 9.66. The average Bonchev–Trinajstić information content (AvgIpc) is 3.40. The molecule has 0 saturated heterocycles. The number of aryl methyl sites for hydroxylation is 2. The highest BCUT2D eigenvalue weighted by Gasteiger charge is 2.22. The van der Waals surface area contributed by atoms with Crippen LogP contribution in [-0.4, -0.2) is 58.1 Å². The molecule has 43 heavy (non-hydrogen) atoms. The predicted molar refractivity (Wildman–Crippen MR) is 172 cm³/mol. The molecule has 1 aromatic heterocycles. The first-order chi connectivity index (χ1) is 20.5. The second-order valence-corrected chi connectivity index (χ2v) is 13.5. The van der Waals surface area contributed by atoms with Crippen LogP contribution in [0.5, 0.6) is 0 Å². The molecule has 0 aliphatic carbocycles. The molecule has 2 N–H and O–H groups in total. The maximum Gasteiger partial charge on any atom is 0.251 e. The lowest BCUT2D eigenvalue weighted by Crippen LogP contribution is -2.30. The predicted octanol–water partition coefficient (Wildman–Crippen LogP) is 5.34. The summed E-state index contributed by atoms with van der Waals surface area (Å²) in [7, 11) is -3.62. The van der Waals surface area contributed by atoms with E-state index in [9.17, 15) is 18.0 Å². The van der Waals surface area contributed by atoms with E-state index in [0.29, 0.717) is 29.6 Å². The standard InChI is InChI=1S/C30H33BrN6O4S2/c1-5-36(6-2)43(40,41)25-15-9-22(10-16-25)29(39)32-18-27-34-35-30(37(27)24-13-11-23(31)12-14-24)42-19-28(38)33-26-17-20(3)7-8-21(26)4/h7-17H,5-6,18-19H2,1-4H3,(H,32,39)(H,33,38). The van der Waals surface area contributed by atoms with Gasteiger partial charge < -0.3 is 10.6 Å². The minimum atomic E-state index is -3.62. The molecule has 0 bridgehead atoms. The van der Waals surface area contributed by atoms with Crippen molar-refractivity contribution in [2.45, 2.75) is 44.3 Å². The van der Waals surface area contributed by atoms with Crippen LogP contribution < -0.4 is 10.6 Å². The Morgan fingerprint density at radius 3 is 2.28 bits per heavy atom. The maximum absolute atomic E-state index is 13.0. The number of nitrogens with one attached hydrogen (secondary N) is 2. The molecule has 0 fully saturated rings. The number of sulfonamides is 1. The Balaban J connectivity index is 1.49. The maximum atomic E-state index is 13.0. The number of anilines is 1. The number of aromatic nitrogens is 3. The molecule has 0 radical (unpaired) electrons. The molecule has 10 nitrogen and oxygen atoms in total. The summed E-state index contributed by atoms with van der Waals surface area (Å²) in [5.74, 6) is 0.00963. The van der Waals surface area contributed by atoms with E-state index in [1.54, 1.807) is 18.4 Å². The Hall–Kier alpha value is -3.52. The van der Waals surface area contributed by atoms with Gasteiger partial charge in [-0.2, -0.15) is 4.31 Å². The van der Waals surface area contributed by atoms with E-state index in [1.807, 2.05) is 56.3 Å². The van der Waals surface area contributed by atoms with Crippen molar-refractivity contribution in [2.75, 3.05) is 24.2 Å². The van der Waals surface area contributed by atoms with Crippen molar-refractivity contribution >= 4 is 55.2 Å². The fraction of sp³-hybridized carbons (Fsp3) is 0.267. The highest BCUT2D eigenvalue weighted by Crippen LogP contribution is 2.25. The van der Waals surface area contributed by atoms with E-state index < -0.39 is 10.0 Å².